The summed E-state index contributed by atoms with van der Waals surface area (Å²) in [6.45, 7) is 0.176. The van der Waals surface area contributed by atoms with Crippen molar-refractivity contribution >= 4 is 28.7 Å². The normalized spacial score (nSPS) is 11.0. The summed E-state index contributed by atoms with van der Waals surface area (Å²) >= 11 is 0. The van der Waals surface area contributed by atoms with E-state index in [0.717, 1.165) is 11.1 Å². The van der Waals surface area contributed by atoms with Crippen molar-refractivity contribution in [1.82, 2.24) is 21.0 Å². The van der Waals surface area contributed by atoms with Crippen molar-refractivity contribution in [2.45, 2.75) is 13.0 Å². The van der Waals surface area contributed by atoms with Crippen molar-refractivity contribution in [3.8, 4) is 0 Å². The van der Waals surface area contributed by atoms with Crippen LogP contribution in [0.5, 0.6) is 0 Å². The maximum absolute atomic E-state index is 14.4. The van der Waals surface area contributed by atoms with Crippen LogP contribution in [0, 0.1) is 5.82 Å². The molecule has 8 nitrogen and oxygen atoms in total. The van der Waals surface area contributed by atoms with E-state index >= 15 is 0 Å². The second-order valence-electron chi connectivity index (χ2n) is 7.77. The molecule has 4 aromatic rings. The lowest BCUT2D eigenvalue weighted by Gasteiger charge is -2.10. The molecular weight excluding hydrogens is 451 g/mol. The van der Waals surface area contributed by atoms with Crippen molar-refractivity contribution in [1.29, 1.82) is 0 Å². The van der Waals surface area contributed by atoms with Crippen LogP contribution in [0.2, 0.25) is 0 Å². The molecule has 4 rings (SSSR count). The highest BCUT2D eigenvalue weighted by molar-refractivity contribution is 5.94. The van der Waals surface area contributed by atoms with Gasteiger partial charge in [0.2, 0.25) is 0 Å². The molecule has 0 aliphatic rings. The summed E-state index contributed by atoms with van der Waals surface area (Å²) in [5, 5.41) is 19.0. The van der Waals surface area contributed by atoms with Crippen LogP contribution in [0.25, 0.3) is 16.8 Å². The van der Waals surface area contributed by atoms with Gasteiger partial charge in [-0.15, -0.1) is 0 Å². The number of hydroxylamine groups is 1. The molecule has 0 unspecified atom stereocenters. The second kappa shape index (κ2) is 10.5. The minimum atomic E-state index is -0.645. The minimum absolute atomic E-state index is 0.0919. The zero-order valence-corrected chi connectivity index (χ0v) is 18.4. The third-order valence-corrected chi connectivity index (χ3v) is 5.39. The Morgan fingerprint density at radius 3 is 2.46 bits per heavy atom. The number of H-pyrrole nitrogens is 1. The molecule has 0 saturated carbocycles. The monoisotopic (exact) mass is 472 g/mol. The second-order valence-corrected chi connectivity index (χ2v) is 7.77. The standard InChI is InChI=1S/C26H21FN4O4/c27-22-11-9-18(14-23-19-3-1-2-4-20(19)26(34)30-29-23)13-21(22)25(33)28-15-17-7-5-16(6-8-17)10-12-24(32)31-35/h1-13,35H,14-15H2,(H,28,33)(H,30,34)(H,31,32)/b12-10-. The Morgan fingerprint density at radius 1 is 1.00 bits per heavy atom. The predicted octanol–water partition coefficient (Wildman–Crippen LogP) is 3.10. The molecule has 1 aromatic heterocycles. The van der Waals surface area contributed by atoms with Crippen LogP contribution in [-0.2, 0) is 17.8 Å². The highest BCUT2D eigenvalue weighted by Gasteiger charge is 2.14. The van der Waals surface area contributed by atoms with Gasteiger partial charge in [-0.3, -0.25) is 19.6 Å². The first-order valence-corrected chi connectivity index (χ1v) is 10.7. The first kappa shape index (κ1) is 23.5. The average Bonchev–Trinajstić information content (AvgIpc) is 2.89. The van der Waals surface area contributed by atoms with Gasteiger partial charge in [0.05, 0.1) is 16.6 Å². The maximum Gasteiger partial charge on any atom is 0.272 e. The first-order chi connectivity index (χ1) is 16.9. The number of aromatic nitrogens is 2. The number of amides is 2. The van der Waals surface area contributed by atoms with Crippen LogP contribution < -0.4 is 16.4 Å². The van der Waals surface area contributed by atoms with Gasteiger partial charge >= 0.3 is 0 Å². The zero-order chi connectivity index (χ0) is 24.8. The quantitative estimate of drug-likeness (QED) is 0.187. The van der Waals surface area contributed by atoms with Crippen molar-refractivity contribution < 1.29 is 19.2 Å². The van der Waals surface area contributed by atoms with E-state index in [9.17, 15) is 18.8 Å². The lowest BCUT2D eigenvalue weighted by atomic mass is 10.0. The van der Waals surface area contributed by atoms with Gasteiger partial charge in [-0.05, 0) is 41.0 Å². The van der Waals surface area contributed by atoms with Crippen LogP contribution in [0.1, 0.15) is 32.7 Å². The van der Waals surface area contributed by atoms with Crippen molar-refractivity contribution in [2.24, 2.45) is 0 Å². The maximum atomic E-state index is 14.4. The Kier molecular flexibility index (Phi) is 7.08. The SMILES string of the molecule is O=C(/C=C\c1ccc(CNC(=O)c2cc(Cc3n[nH]c(=O)c4ccccc34)ccc2F)cc1)NO. The Bertz CT molecular complexity index is 1480. The number of rotatable bonds is 7. The largest absolute Gasteiger partial charge is 0.348 e. The predicted molar refractivity (Wildman–Crippen MR) is 128 cm³/mol. The zero-order valence-electron chi connectivity index (χ0n) is 18.4. The number of benzene rings is 3. The number of hydrogen-bond donors (Lipinski definition) is 4. The lowest BCUT2D eigenvalue weighted by molar-refractivity contribution is -0.124. The summed E-state index contributed by atoms with van der Waals surface area (Å²) < 4.78 is 14.4. The highest BCUT2D eigenvalue weighted by atomic mass is 19.1. The number of nitrogens with zero attached hydrogens (tertiary/aromatic N) is 1. The van der Waals surface area contributed by atoms with E-state index in [1.165, 1.54) is 29.8 Å². The van der Waals surface area contributed by atoms with Gasteiger partial charge in [0.25, 0.3) is 17.4 Å². The molecule has 1 heterocycles. The molecule has 176 valence electrons. The van der Waals surface area contributed by atoms with Crippen molar-refractivity contribution in [2.75, 3.05) is 0 Å². The number of aromatic amines is 1. The summed E-state index contributed by atoms with van der Waals surface area (Å²) in [5.74, 6) is -1.85. The van der Waals surface area contributed by atoms with E-state index in [1.807, 2.05) is 6.07 Å². The van der Waals surface area contributed by atoms with Crippen LogP contribution >= 0.6 is 0 Å². The van der Waals surface area contributed by atoms with E-state index in [-0.39, 0.29) is 17.7 Å². The number of carbonyl (C=O) groups is 2. The summed E-state index contributed by atoms with van der Waals surface area (Å²) in [6.07, 6.45) is 3.01. The summed E-state index contributed by atoms with van der Waals surface area (Å²) in [4.78, 5) is 35.7. The fourth-order valence-corrected chi connectivity index (χ4v) is 3.59. The molecule has 0 fully saturated rings. The Balaban J connectivity index is 1.46. The van der Waals surface area contributed by atoms with E-state index in [2.05, 4.69) is 15.5 Å². The number of hydrogen-bond acceptors (Lipinski definition) is 5. The smallest absolute Gasteiger partial charge is 0.272 e. The number of carbonyl (C=O) groups excluding carboxylic acids is 2. The Morgan fingerprint density at radius 2 is 1.71 bits per heavy atom. The molecule has 0 atom stereocenters. The van der Waals surface area contributed by atoms with Crippen LogP contribution in [0.15, 0.2) is 77.6 Å². The topological polar surface area (TPSA) is 124 Å². The molecule has 4 N–H and O–H groups in total. The fraction of sp³-hybridized carbons (Fsp3) is 0.0769. The number of nitrogens with one attached hydrogen (secondary N) is 3. The van der Waals surface area contributed by atoms with E-state index in [4.69, 9.17) is 5.21 Å². The fourth-order valence-electron chi connectivity index (χ4n) is 3.59. The molecule has 3 aromatic carbocycles. The first-order valence-electron chi connectivity index (χ1n) is 10.7. The van der Waals surface area contributed by atoms with Gasteiger partial charge in [-0.1, -0.05) is 48.5 Å². The van der Waals surface area contributed by atoms with Gasteiger partial charge in [-0.25, -0.2) is 15.0 Å². The molecule has 0 aliphatic carbocycles. The number of halogens is 1. The van der Waals surface area contributed by atoms with Gasteiger partial charge < -0.3 is 5.32 Å². The Hall–Kier alpha value is -4.63. The van der Waals surface area contributed by atoms with Crippen LogP contribution in [-0.4, -0.2) is 27.2 Å². The van der Waals surface area contributed by atoms with Gasteiger partial charge in [0.15, 0.2) is 0 Å². The third kappa shape index (κ3) is 5.66. The molecular formula is C26H21FN4O4. The molecule has 0 bridgehead atoms. The third-order valence-electron chi connectivity index (χ3n) is 5.39. The molecule has 0 radical (unpaired) electrons. The Labute approximate surface area is 199 Å². The van der Waals surface area contributed by atoms with Crippen molar-refractivity contribution in [3.05, 3.63) is 117 Å². The van der Waals surface area contributed by atoms with Crippen LogP contribution in [0.4, 0.5) is 4.39 Å². The average molecular weight is 472 g/mol. The van der Waals surface area contributed by atoms with Crippen LogP contribution in [0.3, 0.4) is 0 Å². The lowest BCUT2D eigenvalue weighted by Crippen LogP contribution is -2.24. The molecule has 0 spiro atoms. The molecule has 9 heteroatoms. The summed E-state index contributed by atoms with van der Waals surface area (Å²) in [7, 11) is 0. The molecule has 0 saturated heterocycles. The van der Waals surface area contributed by atoms with Gasteiger partial charge in [-0.2, -0.15) is 5.10 Å². The van der Waals surface area contributed by atoms with Gasteiger partial charge in [0, 0.05) is 24.4 Å². The molecule has 35 heavy (non-hydrogen) atoms. The summed E-state index contributed by atoms with van der Waals surface area (Å²) in [6, 6.07) is 18.4. The summed E-state index contributed by atoms with van der Waals surface area (Å²) in [5.41, 5.74) is 3.92. The van der Waals surface area contributed by atoms with Gasteiger partial charge in [0.1, 0.15) is 5.82 Å². The molecule has 2 amide bonds. The van der Waals surface area contributed by atoms with Crippen molar-refractivity contribution in [3.63, 3.8) is 0 Å². The minimum Gasteiger partial charge on any atom is -0.348 e. The molecule has 0 aliphatic heterocycles. The number of fused-ring (bicyclic) bond motifs is 1. The van der Waals surface area contributed by atoms with E-state index < -0.39 is 17.6 Å². The van der Waals surface area contributed by atoms with E-state index in [1.54, 1.807) is 48.5 Å². The highest BCUT2D eigenvalue weighted by Crippen LogP contribution is 2.18. The van der Waals surface area contributed by atoms with E-state index in [0.29, 0.717) is 28.5 Å².